The predicted molar refractivity (Wildman–Crippen MR) is 69.6 cm³/mol. The Hall–Kier alpha value is -1.33. The summed E-state index contributed by atoms with van der Waals surface area (Å²) >= 11 is 0. The Morgan fingerprint density at radius 3 is 3.06 bits per heavy atom. The fourth-order valence-electron chi connectivity index (χ4n) is 2.64. The van der Waals surface area contributed by atoms with Gasteiger partial charge < -0.3 is 5.32 Å². The van der Waals surface area contributed by atoms with Crippen molar-refractivity contribution in [2.24, 2.45) is 0 Å². The number of nitriles is 1. The molecule has 1 aliphatic rings. The Labute approximate surface area is 104 Å². The van der Waals surface area contributed by atoms with Crippen LogP contribution in [0.4, 0.5) is 0 Å². The summed E-state index contributed by atoms with van der Waals surface area (Å²) < 4.78 is 0. The van der Waals surface area contributed by atoms with Crippen molar-refractivity contribution in [2.45, 2.75) is 51.1 Å². The number of fused-ring (bicyclic) bond motifs is 1. The molecule has 2 nitrogen and oxygen atoms in total. The van der Waals surface area contributed by atoms with Crippen molar-refractivity contribution in [1.29, 1.82) is 5.26 Å². The molecule has 0 aromatic heterocycles. The number of benzene rings is 1. The molecule has 0 saturated carbocycles. The lowest BCUT2D eigenvalue weighted by Gasteiger charge is -2.29. The summed E-state index contributed by atoms with van der Waals surface area (Å²) in [5, 5.41) is 12.4. The zero-order valence-electron chi connectivity index (χ0n) is 10.4. The lowest BCUT2D eigenvalue weighted by Crippen LogP contribution is -2.34. The van der Waals surface area contributed by atoms with Crippen molar-refractivity contribution in [3.63, 3.8) is 0 Å². The van der Waals surface area contributed by atoms with E-state index in [1.54, 1.807) is 0 Å². The quantitative estimate of drug-likeness (QED) is 0.858. The van der Waals surface area contributed by atoms with Crippen LogP contribution in [-0.2, 0) is 6.42 Å². The zero-order chi connectivity index (χ0) is 12.1. The molecule has 0 fully saturated rings. The molecule has 2 atom stereocenters. The largest absolute Gasteiger partial charge is 0.306 e. The Morgan fingerprint density at radius 1 is 1.47 bits per heavy atom. The molecule has 90 valence electrons. The van der Waals surface area contributed by atoms with E-state index in [-0.39, 0.29) is 0 Å². The van der Waals surface area contributed by atoms with Crippen LogP contribution in [0.3, 0.4) is 0 Å². The van der Waals surface area contributed by atoms with Crippen molar-refractivity contribution in [3.8, 4) is 6.07 Å². The zero-order valence-corrected chi connectivity index (χ0v) is 10.4. The van der Waals surface area contributed by atoms with Gasteiger partial charge in [0.15, 0.2) is 0 Å². The molecular weight excluding hydrogens is 208 g/mol. The normalized spacial score (nSPS) is 20.4. The highest BCUT2D eigenvalue weighted by Crippen LogP contribution is 2.30. The molecule has 2 heteroatoms. The Kier molecular flexibility index (Phi) is 4.17. The van der Waals surface area contributed by atoms with Gasteiger partial charge in [-0.2, -0.15) is 5.26 Å². The summed E-state index contributed by atoms with van der Waals surface area (Å²) in [5.41, 5.74) is 2.92. The fraction of sp³-hybridized carbons (Fsp3) is 0.533. The second-order valence-electron chi connectivity index (χ2n) is 4.78. The Balaban J connectivity index is 2.10. The van der Waals surface area contributed by atoms with Crippen LogP contribution in [0.5, 0.6) is 0 Å². The molecule has 2 rings (SSSR count). The highest BCUT2D eigenvalue weighted by Gasteiger charge is 2.21. The topological polar surface area (TPSA) is 35.8 Å². The number of hydrogen-bond acceptors (Lipinski definition) is 2. The van der Waals surface area contributed by atoms with Crippen molar-refractivity contribution in [2.75, 3.05) is 0 Å². The van der Waals surface area contributed by atoms with E-state index < -0.39 is 0 Å². The van der Waals surface area contributed by atoms with Gasteiger partial charge in [-0.15, -0.1) is 0 Å². The summed E-state index contributed by atoms with van der Waals surface area (Å²) in [5.74, 6) is 0. The summed E-state index contributed by atoms with van der Waals surface area (Å²) in [4.78, 5) is 0. The predicted octanol–water partition coefficient (Wildman–Crippen LogP) is 3.35. The van der Waals surface area contributed by atoms with E-state index in [0.717, 1.165) is 6.42 Å². The molecule has 0 spiro atoms. The standard InChI is InChI=1S/C15H20N2/c1-2-13(10-11-16)17-15-9-5-7-12-6-3-4-8-14(12)15/h3-4,6,8,13,15,17H,2,5,7,9-10H2,1H3. The number of hydrogen-bond donors (Lipinski definition) is 1. The highest BCUT2D eigenvalue weighted by atomic mass is 14.9. The smallest absolute Gasteiger partial charge is 0.0638 e. The first-order valence-corrected chi connectivity index (χ1v) is 6.56. The summed E-state index contributed by atoms with van der Waals surface area (Å²) in [6, 6.07) is 11.7. The third-order valence-corrected chi connectivity index (χ3v) is 3.64. The number of nitrogens with zero attached hydrogens (tertiary/aromatic N) is 1. The molecule has 17 heavy (non-hydrogen) atoms. The number of rotatable bonds is 4. The molecule has 1 aromatic rings. The Bertz CT molecular complexity index is 406. The van der Waals surface area contributed by atoms with Gasteiger partial charge >= 0.3 is 0 Å². The first-order chi connectivity index (χ1) is 8.35. The van der Waals surface area contributed by atoms with Crippen LogP contribution >= 0.6 is 0 Å². The van der Waals surface area contributed by atoms with Crippen LogP contribution in [0.25, 0.3) is 0 Å². The van der Waals surface area contributed by atoms with Gasteiger partial charge in [-0.1, -0.05) is 31.2 Å². The van der Waals surface area contributed by atoms with E-state index in [2.05, 4.69) is 42.6 Å². The van der Waals surface area contributed by atoms with E-state index in [1.165, 1.54) is 30.4 Å². The van der Waals surface area contributed by atoms with Gasteiger partial charge in [0.2, 0.25) is 0 Å². The molecule has 0 bridgehead atoms. The number of nitrogens with one attached hydrogen (secondary N) is 1. The van der Waals surface area contributed by atoms with Gasteiger partial charge in [-0.05, 0) is 36.8 Å². The third kappa shape index (κ3) is 2.87. The van der Waals surface area contributed by atoms with Crippen molar-refractivity contribution < 1.29 is 0 Å². The van der Waals surface area contributed by atoms with Crippen LogP contribution in [0.1, 0.15) is 49.8 Å². The monoisotopic (exact) mass is 228 g/mol. The Morgan fingerprint density at radius 2 is 2.29 bits per heavy atom. The third-order valence-electron chi connectivity index (χ3n) is 3.64. The second kappa shape index (κ2) is 5.84. The molecule has 1 aliphatic carbocycles. The average molecular weight is 228 g/mol. The minimum Gasteiger partial charge on any atom is -0.306 e. The van der Waals surface area contributed by atoms with Gasteiger partial charge in [0.05, 0.1) is 12.5 Å². The highest BCUT2D eigenvalue weighted by molar-refractivity contribution is 5.32. The van der Waals surface area contributed by atoms with E-state index in [4.69, 9.17) is 5.26 Å². The molecule has 0 heterocycles. The summed E-state index contributed by atoms with van der Waals surface area (Å²) in [6.07, 6.45) is 5.27. The van der Waals surface area contributed by atoms with E-state index in [9.17, 15) is 0 Å². The van der Waals surface area contributed by atoms with E-state index in [1.807, 2.05) is 0 Å². The molecular formula is C15H20N2. The molecule has 0 saturated heterocycles. The van der Waals surface area contributed by atoms with Crippen LogP contribution in [0.15, 0.2) is 24.3 Å². The SMILES string of the molecule is CCC(CC#N)NC1CCCc2ccccc21. The molecule has 1 aromatic carbocycles. The maximum Gasteiger partial charge on any atom is 0.0638 e. The summed E-state index contributed by atoms with van der Waals surface area (Å²) in [7, 11) is 0. The minimum absolute atomic E-state index is 0.330. The first-order valence-electron chi connectivity index (χ1n) is 6.56. The minimum atomic E-state index is 0.330. The molecule has 0 radical (unpaired) electrons. The van der Waals surface area contributed by atoms with Crippen LogP contribution in [0, 0.1) is 11.3 Å². The second-order valence-corrected chi connectivity index (χ2v) is 4.78. The molecule has 0 aliphatic heterocycles. The van der Waals surface area contributed by atoms with Gasteiger partial charge in [0, 0.05) is 12.1 Å². The van der Waals surface area contributed by atoms with E-state index >= 15 is 0 Å². The maximum absolute atomic E-state index is 8.80. The molecule has 1 N–H and O–H groups in total. The number of aryl methyl sites for hydroxylation is 1. The van der Waals surface area contributed by atoms with Gasteiger partial charge in [-0.3, -0.25) is 0 Å². The fourth-order valence-corrected chi connectivity index (χ4v) is 2.64. The van der Waals surface area contributed by atoms with Crippen molar-refractivity contribution in [3.05, 3.63) is 35.4 Å². The lowest BCUT2D eigenvalue weighted by molar-refractivity contribution is 0.389. The van der Waals surface area contributed by atoms with Crippen LogP contribution in [-0.4, -0.2) is 6.04 Å². The van der Waals surface area contributed by atoms with Crippen molar-refractivity contribution in [1.82, 2.24) is 5.32 Å². The van der Waals surface area contributed by atoms with E-state index in [0.29, 0.717) is 18.5 Å². The van der Waals surface area contributed by atoms with Crippen molar-refractivity contribution >= 4 is 0 Å². The van der Waals surface area contributed by atoms with Gasteiger partial charge in [0.25, 0.3) is 0 Å². The van der Waals surface area contributed by atoms with Crippen LogP contribution in [0.2, 0.25) is 0 Å². The van der Waals surface area contributed by atoms with Gasteiger partial charge in [-0.25, -0.2) is 0 Å². The summed E-state index contributed by atoms with van der Waals surface area (Å²) in [6.45, 7) is 2.14. The molecule has 2 unspecified atom stereocenters. The van der Waals surface area contributed by atoms with Crippen LogP contribution < -0.4 is 5.32 Å². The average Bonchev–Trinajstić information content (AvgIpc) is 2.38. The van der Waals surface area contributed by atoms with Gasteiger partial charge in [0.1, 0.15) is 0 Å². The lowest BCUT2D eigenvalue weighted by atomic mass is 9.87. The molecule has 0 amide bonds. The maximum atomic E-state index is 8.80. The first kappa shape index (κ1) is 12.1.